The summed E-state index contributed by atoms with van der Waals surface area (Å²) in [5.41, 5.74) is 3.42. The number of nitrogens with one attached hydrogen (secondary N) is 1. The fourth-order valence-corrected chi connectivity index (χ4v) is 4.01. The topological polar surface area (TPSA) is 42.1 Å². The molecule has 1 N–H and O–H groups in total. The van der Waals surface area contributed by atoms with Crippen molar-refractivity contribution in [3.63, 3.8) is 0 Å². The van der Waals surface area contributed by atoms with Crippen molar-refractivity contribution in [2.24, 2.45) is 5.92 Å². The highest BCUT2D eigenvalue weighted by molar-refractivity contribution is 5.65. The zero-order valence-electron chi connectivity index (χ0n) is 13.0. The lowest BCUT2D eigenvalue weighted by Crippen LogP contribution is -2.32. The first-order chi connectivity index (χ1) is 10.5. The molecule has 3 atom stereocenters. The average molecular weight is 293 g/mol. The molecule has 1 aromatic carbocycles. The summed E-state index contributed by atoms with van der Waals surface area (Å²) in [5.74, 6) is 1.04. The Labute approximate surface area is 129 Å². The highest BCUT2D eigenvalue weighted by Crippen LogP contribution is 2.53. The molecule has 1 aliphatic carbocycles. The molecular weight excluding hydrogens is 274 g/mol. The molecule has 2 heterocycles. The summed E-state index contributed by atoms with van der Waals surface area (Å²) in [6.45, 7) is 6.36. The van der Waals surface area contributed by atoms with E-state index in [1.165, 1.54) is 5.57 Å². The molecule has 112 valence electrons. The van der Waals surface area contributed by atoms with Crippen molar-refractivity contribution < 1.29 is 4.74 Å². The second-order valence-corrected chi connectivity index (χ2v) is 6.58. The quantitative estimate of drug-likeness (QED) is 0.811. The minimum absolute atomic E-state index is 0.0867. The number of benzene rings is 1. The van der Waals surface area contributed by atoms with Crippen molar-refractivity contribution in [2.75, 3.05) is 0 Å². The molecule has 0 fully saturated rings. The Morgan fingerprint density at radius 3 is 2.68 bits per heavy atom. The van der Waals surface area contributed by atoms with Gasteiger partial charge in [-0.3, -0.25) is 4.79 Å². The van der Waals surface area contributed by atoms with E-state index in [1.807, 2.05) is 30.3 Å². The van der Waals surface area contributed by atoms with E-state index < -0.39 is 5.60 Å². The SMILES string of the molecule is CC1=C[C@@]2(C)Oc3[nH]cc(-c4ccccc4)c(=O)c3[C@H]2[C@@H]1C. The van der Waals surface area contributed by atoms with E-state index >= 15 is 0 Å². The number of H-pyrrole nitrogens is 1. The number of ether oxygens (including phenoxy) is 1. The predicted octanol–water partition coefficient (Wildman–Crippen LogP) is 3.87. The second-order valence-electron chi connectivity index (χ2n) is 6.58. The molecule has 0 unspecified atom stereocenters. The molecule has 0 spiro atoms. The van der Waals surface area contributed by atoms with Gasteiger partial charge in [-0.05, 0) is 31.4 Å². The van der Waals surface area contributed by atoms with Crippen LogP contribution in [0.4, 0.5) is 0 Å². The highest BCUT2D eigenvalue weighted by atomic mass is 16.5. The number of pyridine rings is 1. The van der Waals surface area contributed by atoms with Crippen LogP contribution in [0.5, 0.6) is 5.88 Å². The second kappa shape index (κ2) is 4.35. The Hall–Kier alpha value is -2.29. The molecule has 0 bridgehead atoms. The van der Waals surface area contributed by atoms with Crippen LogP contribution in [0.1, 0.15) is 32.3 Å². The fourth-order valence-electron chi connectivity index (χ4n) is 4.01. The zero-order valence-corrected chi connectivity index (χ0v) is 13.0. The lowest BCUT2D eigenvalue weighted by molar-refractivity contribution is 0.136. The molecule has 0 saturated carbocycles. The summed E-state index contributed by atoms with van der Waals surface area (Å²) in [7, 11) is 0. The van der Waals surface area contributed by atoms with Gasteiger partial charge in [0.15, 0.2) is 11.3 Å². The molecular formula is C19H19NO2. The number of rotatable bonds is 1. The standard InChI is InChI=1S/C19H19NO2/c1-11-9-19(3)16(12(11)2)15-17(21)14(10-20-18(15)22-19)13-7-5-4-6-8-13/h4-10,12,16H,1-3H3,(H,20,21)/t12-,16-,19-/m1/s1. The molecule has 0 amide bonds. The van der Waals surface area contributed by atoms with E-state index in [-0.39, 0.29) is 11.3 Å². The van der Waals surface area contributed by atoms with Crippen LogP contribution in [0.15, 0.2) is 53.0 Å². The summed E-state index contributed by atoms with van der Waals surface area (Å²) in [5, 5.41) is 0. The molecule has 0 saturated heterocycles. The van der Waals surface area contributed by atoms with Crippen LogP contribution < -0.4 is 10.2 Å². The van der Waals surface area contributed by atoms with Crippen LogP contribution in [0.2, 0.25) is 0 Å². The van der Waals surface area contributed by atoms with E-state index in [0.717, 1.165) is 11.1 Å². The zero-order chi connectivity index (χ0) is 15.5. The molecule has 0 radical (unpaired) electrons. The Balaban J connectivity index is 1.92. The van der Waals surface area contributed by atoms with Gasteiger partial charge >= 0.3 is 0 Å². The van der Waals surface area contributed by atoms with Crippen LogP contribution in [0, 0.1) is 5.92 Å². The van der Waals surface area contributed by atoms with Gasteiger partial charge in [0.05, 0.1) is 5.56 Å². The van der Waals surface area contributed by atoms with Crippen LogP contribution in [-0.2, 0) is 0 Å². The Morgan fingerprint density at radius 1 is 1.23 bits per heavy atom. The van der Waals surface area contributed by atoms with Crippen molar-refractivity contribution in [1.82, 2.24) is 4.98 Å². The summed E-state index contributed by atoms with van der Waals surface area (Å²) in [4.78, 5) is 16.3. The smallest absolute Gasteiger partial charge is 0.199 e. The molecule has 2 aliphatic rings. The van der Waals surface area contributed by atoms with Crippen molar-refractivity contribution in [1.29, 1.82) is 0 Å². The van der Waals surface area contributed by atoms with Crippen LogP contribution in [0.3, 0.4) is 0 Å². The van der Waals surface area contributed by atoms with Crippen molar-refractivity contribution >= 4 is 0 Å². The third-order valence-electron chi connectivity index (χ3n) is 5.15. The highest BCUT2D eigenvalue weighted by Gasteiger charge is 2.52. The third kappa shape index (κ3) is 1.65. The van der Waals surface area contributed by atoms with Gasteiger partial charge in [0.25, 0.3) is 0 Å². The summed E-state index contributed by atoms with van der Waals surface area (Å²) in [6.07, 6.45) is 3.93. The maximum Gasteiger partial charge on any atom is 0.199 e. The monoisotopic (exact) mass is 293 g/mol. The largest absolute Gasteiger partial charge is 0.467 e. The van der Waals surface area contributed by atoms with Crippen molar-refractivity contribution in [3.8, 4) is 17.0 Å². The number of hydrogen-bond acceptors (Lipinski definition) is 2. The third-order valence-corrected chi connectivity index (χ3v) is 5.15. The predicted molar refractivity (Wildman–Crippen MR) is 87.2 cm³/mol. The maximum atomic E-state index is 13.1. The molecule has 3 heteroatoms. The molecule has 22 heavy (non-hydrogen) atoms. The first kappa shape index (κ1) is 13.4. The first-order valence-electron chi connectivity index (χ1n) is 7.70. The van der Waals surface area contributed by atoms with E-state index in [9.17, 15) is 4.79 Å². The van der Waals surface area contributed by atoms with Crippen LogP contribution in [-0.4, -0.2) is 10.6 Å². The Kier molecular flexibility index (Phi) is 2.65. The summed E-state index contributed by atoms with van der Waals surface area (Å²) >= 11 is 0. The molecule has 1 aromatic heterocycles. The van der Waals surface area contributed by atoms with Crippen LogP contribution >= 0.6 is 0 Å². The number of hydrogen-bond donors (Lipinski definition) is 1. The summed E-state index contributed by atoms with van der Waals surface area (Å²) in [6, 6.07) is 9.79. The number of aromatic nitrogens is 1. The molecule has 3 nitrogen and oxygen atoms in total. The van der Waals surface area contributed by atoms with Gasteiger partial charge < -0.3 is 9.72 Å². The first-order valence-corrected chi connectivity index (χ1v) is 7.70. The van der Waals surface area contributed by atoms with Gasteiger partial charge in [-0.25, -0.2) is 0 Å². The maximum absolute atomic E-state index is 13.1. The van der Waals surface area contributed by atoms with E-state index in [0.29, 0.717) is 17.4 Å². The van der Waals surface area contributed by atoms with E-state index in [2.05, 4.69) is 31.8 Å². The minimum Gasteiger partial charge on any atom is -0.467 e. The van der Waals surface area contributed by atoms with Gasteiger partial charge in [0, 0.05) is 17.7 Å². The lowest BCUT2D eigenvalue weighted by Gasteiger charge is -2.24. The molecule has 1 aliphatic heterocycles. The number of fused-ring (bicyclic) bond motifs is 3. The van der Waals surface area contributed by atoms with Gasteiger partial charge in [-0.1, -0.05) is 42.8 Å². The number of allylic oxidation sites excluding steroid dienone is 1. The van der Waals surface area contributed by atoms with Gasteiger partial charge in [0.1, 0.15) is 5.60 Å². The minimum atomic E-state index is -0.406. The van der Waals surface area contributed by atoms with Crippen molar-refractivity contribution in [3.05, 3.63) is 64.0 Å². The fraction of sp³-hybridized carbons (Fsp3) is 0.316. The molecule has 4 rings (SSSR count). The lowest BCUT2D eigenvalue weighted by atomic mass is 9.81. The molecule has 2 aromatic rings. The van der Waals surface area contributed by atoms with Gasteiger partial charge in [-0.2, -0.15) is 0 Å². The summed E-state index contributed by atoms with van der Waals surface area (Å²) < 4.78 is 6.10. The normalized spacial score (nSPS) is 28.8. The Bertz CT molecular complexity index is 834. The van der Waals surface area contributed by atoms with E-state index in [4.69, 9.17) is 4.74 Å². The van der Waals surface area contributed by atoms with Crippen molar-refractivity contribution in [2.45, 2.75) is 32.3 Å². The Morgan fingerprint density at radius 2 is 1.95 bits per heavy atom. The van der Waals surface area contributed by atoms with E-state index in [1.54, 1.807) is 6.20 Å². The van der Waals surface area contributed by atoms with Gasteiger partial charge in [0.2, 0.25) is 0 Å². The van der Waals surface area contributed by atoms with Gasteiger partial charge in [-0.15, -0.1) is 0 Å². The number of aromatic amines is 1. The average Bonchev–Trinajstić information content (AvgIpc) is 2.91. The van der Waals surface area contributed by atoms with Crippen LogP contribution in [0.25, 0.3) is 11.1 Å².